The summed E-state index contributed by atoms with van der Waals surface area (Å²) in [6.45, 7) is 9.20. The molecule has 1 fully saturated rings. The molecular weight excluding hydrogens is 196 g/mol. The maximum Gasteiger partial charge on any atom is 0.0571 e. The van der Waals surface area contributed by atoms with Crippen molar-refractivity contribution < 1.29 is 5.11 Å². The summed E-state index contributed by atoms with van der Waals surface area (Å²) in [7, 11) is 0. The Morgan fingerprint density at radius 2 is 1.62 bits per heavy atom. The van der Waals surface area contributed by atoms with Crippen LogP contribution in [0, 0.1) is 17.3 Å². The Balaban J connectivity index is 2.35. The van der Waals surface area contributed by atoms with Crippen LogP contribution in [0.2, 0.25) is 0 Å². The number of hydrogen-bond acceptors (Lipinski definition) is 1. The van der Waals surface area contributed by atoms with Gasteiger partial charge >= 0.3 is 0 Å². The first-order valence-corrected chi connectivity index (χ1v) is 7.16. The molecule has 0 spiro atoms. The molecule has 0 aromatic heterocycles. The highest BCUT2D eigenvalue weighted by Crippen LogP contribution is 2.40. The van der Waals surface area contributed by atoms with Gasteiger partial charge in [0.25, 0.3) is 0 Å². The fourth-order valence-electron chi connectivity index (χ4n) is 2.96. The van der Waals surface area contributed by atoms with E-state index in [9.17, 15) is 5.11 Å². The van der Waals surface area contributed by atoms with Gasteiger partial charge in [-0.15, -0.1) is 0 Å². The van der Waals surface area contributed by atoms with Gasteiger partial charge in [0.2, 0.25) is 0 Å². The van der Waals surface area contributed by atoms with Crippen LogP contribution in [0.3, 0.4) is 0 Å². The van der Waals surface area contributed by atoms with Crippen molar-refractivity contribution in [3.63, 3.8) is 0 Å². The standard InChI is InChI=1S/C15H30O/c1-5-12(6-2)11-14(16)13-7-9-15(3,4)10-8-13/h12-14,16H,5-11H2,1-4H3. The van der Waals surface area contributed by atoms with Crippen LogP contribution in [0.1, 0.15) is 72.6 Å². The zero-order valence-corrected chi connectivity index (χ0v) is 11.6. The highest BCUT2D eigenvalue weighted by atomic mass is 16.3. The Kier molecular flexibility index (Phi) is 5.30. The number of rotatable bonds is 5. The molecule has 1 N–H and O–H groups in total. The molecule has 1 aliphatic carbocycles. The van der Waals surface area contributed by atoms with Crippen LogP contribution in [0.5, 0.6) is 0 Å². The monoisotopic (exact) mass is 226 g/mol. The molecule has 1 nitrogen and oxygen atoms in total. The molecule has 0 aromatic rings. The fourth-order valence-corrected chi connectivity index (χ4v) is 2.96. The van der Waals surface area contributed by atoms with E-state index in [4.69, 9.17) is 0 Å². The molecule has 1 unspecified atom stereocenters. The molecule has 96 valence electrons. The average molecular weight is 226 g/mol. The van der Waals surface area contributed by atoms with Crippen LogP contribution in [-0.4, -0.2) is 11.2 Å². The van der Waals surface area contributed by atoms with Crippen molar-refractivity contribution >= 4 is 0 Å². The summed E-state index contributed by atoms with van der Waals surface area (Å²) >= 11 is 0. The largest absolute Gasteiger partial charge is 0.393 e. The van der Waals surface area contributed by atoms with Crippen molar-refractivity contribution in [2.45, 2.75) is 78.7 Å². The van der Waals surface area contributed by atoms with Crippen molar-refractivity contribution in [1.82, 2.24) is 0 Å². The lowest BCUT2D eigenvalue weighted by Gasteiger charge is -2.37. The Labute approximate surface area is 102 Å². The van der Waals surface area contributed by atoms with Gasteiger partial charge in [-0.2, -0.15) is 0 Å². The summed E-state index contributed by atoms with van der Waals surface area (Å²) in [6, 6.07) is 0. The van der Waals surface area contributed by atoms with Crippen LogP contribution in [0.4, 0.5) is 0 Å². The predicted molar refractivity (Wildman–Crippen MR) is 70.4 cm³/mol. The summed E-state index contributed by atoms with van der Waals surface area (Å²) in [4.78, 5) is 0. The van der Waals surface area contributed by atoms with E-state index in [2.05, 4.69) is 27.7 Å². The molecule has 0 saturated heterocycles. The van der Waals surface area contributed by atoms with Crippen LogP contribution in [0.15, 0.2) is 0 Å². The molecule has 0 bridgehead atoms. The molecule has 0 heterocycles. The third-order valence-corrected chi connectivity index (χ3v) is 4.66. The molecule has 16 heavy (non-hydrogen) atoms. The van der Waals surface area contributed by atoms with E-state index in [1.54, 1.807) is 0 Å². The molecule has 0 aromatic carbocycles. The van der Waals surface area contributed by atoms with Crippen LogP contribution in [-0.2, 0) is 0 Å². The molecule has 0 radical (unpaired) electrons. The first-order chi connectivity index (χ1) is 7.48. The molecule has 1 rings (SSSR count). The highest BCUT2D eigenvalue weighted by Gasteiger charge is 2.31. The SMILES string of the molecule is CCC(CC)CC(O)C1CCC(C)(C)CC1. The van der Waals surface area contributed by atoms with E-state index in [0.29, 0.717) is 11.3 Å². The van der Waals surface area contributed by atoms with Gasteiger partial charge in [0.05, 0.1) is 6.10 Å². The van der Waals surface area contributed by atoms with E-state index in [0.717, 1.165) is 12.3 Å². The molecular formula is C15H30O. The van der Waals surface area contributed by atoms with Crippen molar-refractivity contribution in [2.75, 3.05) is 0 Å². The first kappa shape index (κ1) is 14.0. The Morgan fingerprint density at radius 1 is 1.12 bits per heavy atom. The number of hydrogen-bond donors (Lipinski definition) is 1. The van der Waals surface area contributed by atoms with Gasteiger partial charge in [-0.05, 0) is 49.4 Å². The quantitative estimate of drug-likeness (QED) is 0.737. The summed E-state index contributed by atoms with van der Waals surface area (Å²) in [6.07, 6.45) is 8.45. The predicted octanol–water partition coefficient (Wildman–Crippen LogP) is 4.39. The fraction of sp³-hybridized carbons (Fsp3) is 1.00. The van der Waals surface area contributed by atoms with Crippen molar-refractivity contribution in [1.29, 1.82) is 0 Å². The van der Waals surface area contributed by atoms with Gasteiger partial charge in [0.15, 0.2) is 0 Å². The summed E-state index contributed by atoms with van der Waals surface area (Å²) < 4.78 is 0. The second-order valence-corrected chi connectivity index (χ2v) is 6.49. The summed E-state index contributed by atoms with van der Waals surface area (Å²) in [5.41, 5.74) is 0.519. The van der Waals surface area contributed by atoms with Gasteiger partial charge in [-0.3, -0.25) is 0 Å². The van der Waals surface area contributed by atoms with Gasteiger partial charge in [-0.25, -0.2) is 0 Å². The lowest BCUT2D eigenvalue weighted by molar-refractivity contribution is 0.0390. The van der Waals surface area contributed by atoms with E-state index >= 15 is 0 Å². The van der Waals surface area contributed by atoms with E-state index in [1.807, 2.05) is 0 Å². The second kappa shape index (κ2) is 6.05. The second-order valence-electron chi connectivity index (χ2n) is 6.49. The third-order valence-electron chi connectivity index (χ3n) is 4.66. The Bertz CT molecular complexity index is 184. The lowest BCUT2D eigenvalue weighted by Crippen LogP contribution is -2.30. The van der Waals surface area contributed by atoms with Crippen LogP contribution in [0.25, 0.3) is 0 Å². The molecule has 1 heteroatoms. The van der Waals surface area contributed by atoms with Crippen molar-refractivity contribution in [3.05, 3.63) is 0 Å². The Morgan fingerprint density at radius 3 is 2.06 bits per heavy atom. The first-order valence-electron chi connectivity index (χ1n) is 7.16. The summed E-state index contributed by atoms with van der Waals surface area (Å²) in [5, 5.41) is 10.3. The van der Waals surface area contributed by atoms with E-state index in [1.165, 1.54) is 38.5 Å². The molecule has 1 saturated carbocycles. The minimum atomic E-state index is -0.0407. The number of aliphatic hydroxyl groups is 1. The minimum absolute atomic E-state index is 0.0407. The normalized spacial score (nSPS) is 23.6. The molecule has 0 aliphatic heterocycles. The average Bonchev–Trinajstić information content (AvgIpc) is 2.25. The van der Waals surface area contributed by atoms with Crippen LogP contribution >= 0.6 is 0 Å². The molecule has 0 amide bonds. The number of aliphatic hydroxyl groups excluding tert-OH is 1. The van der Waals surface area contributed by atoms with Gasteiger partial charge < -0.3 is 5.11 Å². The lowest BCUT2D eigenvalue weighted by atomic mass is 9.70. The van der Waals surface area contributed by atoms with Crippen molar-refractivity contribution in [2.24, 2.45) is 17.3 Å². The van der Waals surface area contributed by atoms with Gasteiger partial charge in [0.1, 0.15) is 0 Å². The molecule has 1 aliphatic rings. The maximum absolute atomic E-state index is 10.3. The van der Waals surface area contributed by atoms with Crippen molar-refractivity contribution in [3.8, 4) is 0 Å². The van der Waals surface area contributed by atoms with Gasteiger partial charge in [0, 0.05) is 0 Å². The highest BCUT2D eigenvalue weighted by molar-refractivity contribution is 4.82. The zero-order valence-electron chi connectivity index (χ0n) is 11.6. The maximum atomic E-state index is 10.3. The summed E-state index contributed by atoms with van der Waals surface area (Å²) in [5.74, 6) is 1.30. The van der Waals surface area contributed by atoms with Crippen LogP contribution < -0.4 is 0 Å². The smallest absolute Gasteiger partial charge is 0.0571 e. The topological polar surface area (TPSA) is 20.2 Å². The minimum Gasteiger partial charge on any atom is -0.393 e. The van der Waals surface area contributed by atoms with E-state index < -0.39 is 0 Å². The van der Waals surface area contributed by atoms with Gasteiger partial charge in [-0.1, -0.05) is 40.5 Å². The molecule has 1 atom stereocenters. The Hall–Kier alpha value is -0.0400. The van der Waals surface area contributed by atoms with E-state index in [-0.39, 0.29) is 6.10 Å². The third kappa shape index (κ3) is 4.08. The zero-order chi connectivity index (χ0) is 12.2.